The number of piperazine rings is 1. The smallest absolute Gasteiger partial charge is 0.414 e. The summed E-state index contributed by atoms with van der Waals surface area (Å²) in [6, 6.07) is 22.3. The minimum Gasteiger partial charge on any atom is -0.473 e. The maximum atomic E-state index is 9.10. The maximum Gasteiger partial charge on any atom is 0.414 e. The Kier molecular flexibility index (Phi) is 10.0. The fourth-order valence-electron chi connectivity index (χ4n) is 3.72. The van der Waals surface area contributed by atoms with Gasteiger partial charge in [0.05, 0.1) is 6.04 Å². The Hall–Kier alpha value is -2.70. The Bertz CT molecular complexity index is 708. The molecule has 1 heterocycles. The van der Waals surface area contributed by atoms with E-state index in [-0.39, 0.29) is 0 Å². The predicted octanol–water partition coefficient (Wildman–Crippen LogP) is 3.74. The fourth-order valence-corrected chi connectivity index (χ4v) is 3.72. The number of unbranched alkanes of at least 4 members (excludes halogenated alkanes) is 2. The van der Waals surface area contributed by atoms with Gasteiger partial charge in [-0.2, -0.15) is 0 Å². The highest BCUT2D eigenvalue weighted by Gasteiger charge is 2.25. The summed E-state index contributed by atoms with van der Waals surface area (Å²) in [6.07, 6.45) is 4.01. The summed E-state index contributed by atoms with van der Waals surface area (Å²) < 4.78 is 0. The predicted molar refractivity (Wildman–Crippen MR) is 118 cm³/mol. The van der Waals surface area contributed by atoms with Gasteiger partial charge in [-0.15, -0.1) is 0 Å². The van der Waals surface area contributed by atoms with Crippen LogP contribution in [0.5, 0.6) is 0 Å². The number of carboxylic acid groups (broad SMARTS) is 2. The lowest BCUT2D eigenvalue weighted by molar-refractivity contribution is -0.159. The van der Waals surface area contributed by atoms with E-state index in [2.05, 4.69) is 77.4 Å². The molecular formula is C24H32N2O4. The van der Waals surface area contributed by atoms with E-state index >= 15 is 0 Å². The lowest BCUT2D eigenvalue weighted by atomic mass is 9.96. The van der Waals surface area contributed by atoms with E-state index in [1.54, 1.807) is 0 Å². The van der Waals surface area contributed by atoms with Crippen LogP contribution in [0.15, 0.2) is 60.7 Å². The number of carboxylic acids is 2. The summed E-state index contributed by atoms with van der Waals surface area (Å²) in [5.74, 6) is -3.65. The number of rotatable bonds is 7. The zero-order chi connectivity index (χ0) is 21.8. The average molecular weight is 413 g/mol. The first kappa shape index (κ1) is 23.6. The van der Waals surface area contributed by atoms with Crippen LogP contribution in [0.25, 0.3) is 0 Å². The van der Waals surface area contributed by atoms with Crippen molar-refractivity contribution in [2.75, 3.05) is 32.7 Å². The van der Waals surface area contributed by atoms with Gasteiger partial charge in [0.1, 0.15) is 0 Å². The average Bonchev–Trinajstić information content (AvgIpc) is 2.77. The second kappa shape index (κ2) is 12.8. The molecular weight excluding hydrogens is 380 g/mol. The van der Waals surface area contributed by atoms with Gasteiger partial charge >= 0.3 is 11.9 Å². The van der Waals surface area contributed by atoms with Gasteiger partial charge < -0.3 is 15.1 Å². The summed E-state index contributed by atoms with van der Waals surface area (Å²) in [5.41, 5.74) is 2.81. The van der Waals surface area contributed by atoms with Crippen LogP contribution in [0.4, 0.5) is 0 Å². The molecule has 2 N–H and O–H groups in total. The lowest BCUT2D eigenvalue weighted by Gasteiger charge is -2.39. The molecule has 6 heteroatoms. The van der Waals surface area contributed by atoms with Gasteiger partial charge in [-0.05, 0) is 24.1 Å². The van der Waals surface area contributed by atoms with Crippen LogP contribution in [0, 0.1) is 0 Å². The summed E-state index contributed by atoms with van der Waals surface area (Å²) in [4.78, 5) is 23.5. The van der Waals surface area contributed by atoms with E-state index in [1.807, 2.05) is 0 Å². The SMILES string of the molecule is CCCCCN1CCN(C(c2ccccc2)c2ccccc2)CC1.O=C(O)C(=O)O. The fraction of sp³-hybridized carbons (Fsp3) is 0.417. The number of benzene rings is 2. The van der Waals surface area contributed by atoms with Crippen molar-refractivity contribution in [1.82, 2.24) is 9.80 Å². The van der Waals surface area contributed by atoms with Crippen LogP contribution in [0.1, 0.15) is 43.4 Å². The number of hydrogen-bond donors (Lipinski definition) is 2. The summed E-state index contributed by atoms with van der Waals surface area (Å²) in [7, 11) is 0. The second-order valence-electron chi connectivity index (χ2n) is 7.42. The number of carbonyl (C=O) groups is 2. The minimum atomic E-state index is -1.82. The van der Waals surface area contributed by atoms with Crippen LogP contribution in [0.3, 0.4) is 0 Å². The van der Waals surface area contributed by atoms with Gasteiger partial charge in [-0.3, -0.25) is 4.90 Å². The molecule has 3 rings (SSSR count). The van der Waals surface area contributed by atoms with Crippen molar-refractivity contribution in [3.63, 3.8) is 0 Å². The molecule has 30 heavy (non-hydrogen) atoms. The molecule has 0 atom stereocenters. The molecule has 0 amide bonds. The first-order valence-electron chi connectivity index (χ1n) is 10.6. The van der Waals surface area contributed by atoms with Crippen molar-refractivity contribution in [3.8, 4) is 0 Å². The monoisotopic (exact) mass is 412 g/mol. The molecule has 1 saturated heterocycles. The standard InChI is InChI=1S/C22H30N2.C2H2O4/c1-2-3-10-15-23-16-18-24(19-17-23)22(20-11-6-4-7-12-20)21-13-8-5-9-14-21;3-1(4)2(5)6/h4-9,11-14,22H,2-3,10,15-19H2,1H3;(H,3,4)(H,5,6). The van der Waals surface area contributed by atoms with E-state index in [0.29, 0.717) is 6.04 Å². The van der Waals surface area contributed by atoms with Gasteiger partial charge in [0.2, 0.25) is 0 Å². The highest BCUT2D eigenvalue weighted by Crippen LogP contribution is 2.29. The van der Waals surface area contributed by atoms with Gasteiger partial charge in [-0.25, -0.2) is 9.59 Å². The van der Waals surface area contributed by atoms with Crippen molar-refractivity contribution >= 4 is 11.9 Å². The summed E-state index contributed by atoms with van der Waals surface area (Å²) >= 11 is 0. The van der Waals surface area contributed by atoms with Crippen LogP contribution in [0.2, 0.25) is 0 Å². The van der Waals surface area contributed by atoms with Crippen LogP contribution < -0.4 is 0 Å². The highest BCUT2D eigenvalue weighted by molar-refractivity contribution is 6.27. The van der Waals surface area contributed by atoms with Crippen molar-refractivity contribution in [3.05, 3.63) is 71.8 Å². The molecule has 0 saturated carbocycles. The molecule has 2 aromatic rings. The third-order valence-corrected chi connectivity index (χ3v) is 5.26. The molecule has 6 nitrogen and oxygen atoms in total. The van der Waals surface area contributed by atoms with E-state index < -0.39 is 11.9 Å². The molecule has 1 aliphatic rings. The molecule has 0 bridgehead atoms. The Morgan fingerprint density at radius 2 is 1.27 bits per heavy atom. The van der Waals surface area contributed by atoms with Gasteiger partial charge in [-0.1, -0.05) is 80.4 Å². The number of aliphatic carboxylic acids is 2. The van der Waals surface area contributed by atoms with E-state index in [1.165, 1.54) is 50.0 Å². The summed E-state index contributed by atoms with van der Waals surface area (Å²) in [6.45, 7) is 8.24. The largest absolute Gasteiger partial charge is 0.473 e. The molecule has 0 aromatic heterocycles. The van der Waals surface area contributed by atoms with Crippen molar-refractivity contribution < 1.29 is 19.8 Å². The molecule has 1 aliphatic heterocycles. The zero-order valence-corrected chi connectivity index (χ0v) is 17.6. The summed E-state index contributed by atoms with van der Waals surface area (Å²) in [5, 5.41) is 14.8. The van der Waals surface area contributed by atoms with Crippen LogP contribution in [-0.2, 0) is 9.59 Å². The normalized spacial score (nSPS) is 14.7. The molecule has 1 fully saturated rings. The Balaban J connectivity index is 0.000000469. The molecule has 0 aliphatic carbocycles. The lowest BCUT2D eigenvalue weighted by Crippen LogP contribution is -2.48. The van der Waals surface area contributed by atoms with Gasteiger partial charge in [0, 0.05) is 26.2 Å². The molecule has 2 aromatic carbocycles. The van der Waals surface area contributed by atoms with Crippen LogP contribution in [-0.4, -0.2) is 64.7 Å². The van der Waals surface area contributed by atoms with Crippen molar-refractivity contribution in [2.45, 2.75) is 32.2 Å². The van der Waals surface area contributed by atoms with Gasteiger partial charge in [0.25, 0.3) is 0 Å². The van der Waals surface area contributed by atoms with E-state index in [9.17, 15) is 0 Å². The molecule has 0 spiro atoms. The first-order chi connectivity index (χ1) is 14.5. The van der Waals surface area contributed by atoms with E-state index in [4.69, 9.17) is 19.8 Å². The second-order valence-corrected chi connectivity index (χ2v) is 7.42. The number of nitrogens with zero attached hydrogens (tertiary/aromatic N) is 2. The van der Waals surface area contributed by atoms with E-state index in [0.717, 1.165) is 13.1 Å². The Morgan fingerprint density at radius 1 is 0.800 bits per heavy atom. The third kappa shape index (κ3) is 7.61. The van der Waals surface area contributed by atoms with Crippen LogP contribution >= 0.6 is 0 Å². The van der Waals surface area contributed by atoms with Gasteiger partial charge in [0.15, 0.2) is 0 Å². The Labute approximate surface area is 178 Å². The minimum absolute atomic E-state index is 0.380. The first-order valence-corrected chi connectivity index (χ1v) is 10.6. The maximum absolute atomic E-state index is 9.10. The highest BCUT2D eigenvalue weighted by atomic mass is 16.4. The van der Waals surface area contributed by atoms with Crippen molar-refractivity contribution in [1.29, 1.82) is 0 Å². The Morgan fingerprint density at radius 3 is 1.67 bits per heavy atom. The molecule has 0 unspecified atom stereocenters. The zero-order valence-electron chi connectivity index (χ0n) is 17.6. The number of hydrogen-bond acceptors (Lipinski definition) is 4. The quantitative estimate of drug-likeness (QED) is 0.533. The molecule has 162 valence electrons. The molecule has 0 radical (unpaired) electrons. The topological polar surface area (TPSA) is 81.1 Å². The third-order valence-electron chi connectivity index (χ3n) is 5.26. The van der Waals surface area contributed by atoms with Crippen molar-refractivity contribution in [2.24, 2.45) is 0 Å².